The van der Waals surface area contributed by atoms with Crippen molar-refractivity contribution in [2.45, 2.75) is 19.0 Å². The van der Waals surface area contributed by atoms with E-state index in [1.807, 2.05) is 61.9 Å². The molecule has 1 N–H and O–H groups in total. The zero-order chi connectivity index (χ0) is 19.6. The molecule has 0 atom stereocenters. The summed E-state index contributed by atoms with van der Waals surface area (Å²) in [5, 5.41) is 12.1. The van der Waals surface area contributed by atoms with E-state index in [9.17, 15) is 4.79 Å². The maximum absolute atomic E-state index is 12.4. The number of nitrogens with zero attached hydrogens (tertiary/aromatic N) is 3. The van der Waals surface area contributed by atoms with Crippen molar-refractivity contribution < 1.29 is 4.79 Å². The van der Waals surface area contributed by atoms with E-state index in [1.165, 1.54) is 17.3 Å². The van der Waals surface area contributed by atoms with E-state index in [-0.39, 0.29) is 11.7 Å². The van der Waals surface area contributed by atoms with E-state index in [0.717, 1.165) is 31.6 Å². The number of hydrogen-bond donors (Lipinski definition) is 1. The van der Waals surface area contributed by atoms with Crippen molar-refractivity contribution in [3.05, 3.63) is 56.5 Å². The van der Waals surface area contributed by atoms with Gasteiger partial charge in [0.1, 0.15) is 0 Å². The molecular weight excluding hydrogens is 492 g/mol. The van der Waals surface area contributed by atoms with Crippen LogP contribution in [-0.4, -0.2) is 26.4 Å². The number of nitrogens with one attached hydrogen (secondary N) is 1. The lowest BCUT2D eigenvalue weighted by Gasteiger charge is -2.10. The molecule has 0 fully saturated rings. The van der Waals surface area contributed by atoms with E-state index >= 15 is 0 Å². The Morgan fingerprint density at radius 2 is 1.70 bits per heavy atom. The summed E-state index contributed by atoms with van der Waals surface area (Å²) >= 11 is 8.34. The standard InChI is InChI=1S/C19H18Br2N4OS/c1-11-4-6-13(7-5-11)18-23-24-19(25(18)3)27-10-16(26)22-17-14(20)8-12(2)9-15(17)21/h4-9H,10H2,1-3H3,(H,22,26). The minimum atomic E-state index is -0.106. The van der Waals surface area contributed by atoms with Gasteiger partial charge in [0.05, 0.1) is 11.4 Å². The third-order valence-corrected chi connectivity index (χ3v) is 6.20. The lowest BCUT2D eigenvalue weighted by atomic mass is 10.1. The van der Waals surface area contributed by atoms with Crippen LogP contribution in [0.15, 0.2) is 50.5 Å². The van der Waals surface area contributed by atoms with Gasteiger partial charge in [-0.2, -0.15) is 0 Å². The Morgan fingerprint density at radius 1 is 1.07 bits per heavy atom. The first kappa shape index (κ1) is 20.1. The predicted octanol–water partition coefficient (Wildman–Crippen LogP) is 5.35. The fourth-order valence-electron chi connectivity index (χ4n) is 2.52. The Bertz CT molecular complexity index is 963. The van der Waals surface area contributed by atoms with Crippen LogP contribution < -0.4 is 5.32 Å². The van der Waals surface area contributed by atoms with Crippen molar-refractivity contribution in [2.75, 3.05) is 11.1 Å². The average molecular weight is 510 g/mol. The van der Waals surface area contributed by atoms with Crippen LogP contribution in [0.1, 0.15) is 11.1 Å². The molecule has 0 unspecified atom stereocenters. The quantitative estimate of drug-likeness (QED) is 0.470. The highest BCUT2D eigenvalue weighted by Crippen LogP contribution is 2.32. The molecule has 1 amide bonds. The first-order chi connectivity index (χ1) is 12.8. The Labute approximate surface area is 179 Å². The van der Waals surface area contributed by atoms with E-state index in [2.05, 4.69) is 47.4 Å². The maximum atomic E-state index is 12.4. The van der Waals surface area contributed by atoms with Gasteiger partial charge in [-0.15, -0.1) is 10.2 Å². The van der Waals surface area contributed by atoms with E-state index in [0.29, 0.717) is 5.16 Å². The summed E-state index contributed by atoms with van der Waals surface area (Å²) in [6.45, 7) is 4.04. The van der Waals surface area contributed by atoms with Crippen LogP contribution in [0.3, 0.4) is 0 Å². The molecule has 27 heavy (non-hydrogen) atoms. The molecule has 0 aliphatic rings. The first-order valence-corrected chi connectivity index (χ1v) is 10.8. The van der Waals surface area contributed by atoms with Gasteiger partial charge in [0.15, 0.2) is 11.0 Å². The molecule has 2 aromatic carbocycles. The molecule has 0 bridgehead atoms. The lowest BCUT2D eigenvalue weighted by molar-refractivity contribution is -0.113. The number of carbonyl (C=O) groups is 1. The monoisotopic (exact) mass is 508 g/mol. The average Bonchev–Trinajstić information content (AvgIpc) is 2.98. The molecule has 3 rings (SSSR count). The molecule has 0 saturated carbocycles. The third-order valence-electron chi connectivity index (χ3n) is 3.93. The second kappa shape index (κ2) is 8.58. The number of hydrogen-bond acceptors (Lipinski definition) is 4. The summed E-state index contributed by atoms with van der Waals surface area (Å²) in [5.41, 5.74) is 4.02. The molecule has 1 aromatic heterocycles. The summed E-state index contributed by atoms with van der Waals surface area (Å²) < 4.78 is 3.58. The largest absolute Gasteiger partial charge is 0.323 e. The van der Waals surface area contributed by atoms with Gasteiger partial charge >= 0.3 is 0 Å². The maximum Gasteiger partial charge on any atom is 0.234 e. The van der Waals surface area contributed by atoms with Gasteiger partial charge in [0, 0.05) is 21.6 Å². The highest BCUT2D eigenvalue weighted by Gasteiger charge is 2.14. The smallest absolute Gasteiger partial charge is 0.234 e. The molecule has 8 heteroatoms. The molecule has 0 radical (unpaired) electrons. The Hall–Kier alpha value is -1.64. The number of amides is 1. The number of thioether (sulfide) groups is 1. The van der Waals surface area contributed by atoms with E-state index in [1.54, 1.807) is 0 Å². The minimum absolute atomic E-state index is 0.106. The normalized spacial score (nSPS) is 10.9. The number of anilines is 1. The Kier molecular flexibility index (Phi) is 6.39. The molecule has 0 spiro atoms. The van der Waals surface area contributed by atoms with Crippen LogP contribution in [0.4, 0.5) is 5.69 Å². The number of rotatable bonds is 5. The van der Waals surface area contributed by atoms with Gasteiger partial charge in [-0.1, -0.05) is 41.6 Å². The number of carbonyl (C=O) groups excluding carboxylic acids is 1. The van der Waals surface area contributed by atoms with Crippen molar-refractivity contribution in [3.8, 4) is 11.4 Å². The van der Waals surface area contributed by atoms with E-state index < -0.39 is 0 Å². The molecule has 0 aliphatic carbocycles. The molecule has 0 saturated heterocycles. The van der Waals surface area contributed by atoms with Crippen molar-refractivity contribution in [3.63, 3.8) is 0 Å². The highest BCUT2D eigenvalue weighted by atomic mass is 79.9. The van der Waals surface area contributed by atoms with Gasteiger partial charge in [-0.3, -0.25) is 4.79 Å². The van der Waals surface area contributed by atoms with Gasteiger partial charge in [0.25, 0.3) is 0 Å². The summed E-state index contributed by atoms with van der Waals surface area (Å²) in [7, 11) is 1.91. The fourth-order valence-corrected chi connectivity index (χ4v) is 4.84. The van der Waals surface area contributed by atoms with Crippen LogP contribution in [-0.2, 0) is 11.8 Å². The zero-order valence-electron chi connectivity index (χ0n) is 15.1. The van der Waals surface area contributed by atoms with Crippen LogP contribution in [0, 0.1) is 13.8 Å². The van der Waals surface area contributed by atoms with Crippen LogP contribution >= 0.6 is 43.6 Å². The van der Waals surface area contributed by atoms with Gasteiger partial charge in [-0.25, -0.2) is 0 Å². The fraction of sp³-hybridized carbons (Fsp3) is 0.211. The van der Waals surface area contributed by atoms with Gasteiger partial charge in [-0.05, 0) is 63.4 Å². The van der Waals surface area contributed by atoms with Gasteiger partial charge in [0.2, 0.25) is 5.91 Å². The molecule has 5 nitrogen and oxygen atoms in total. The van der Waals surface area contributed by atoms with E-state index in [4.69, 9.17) is 0 Å². The van der Waals surface area contributed by atoms with Crippen molar-refractivity contribution in [2.24, 2.45) is 7.05 Å². The van der Waals surface area contributed by atoms with Crippen LogP contribution in [0.5, 0.6) is 0 Å². The second-order valence-electron chi connectivity index (χ2n) is 6.17. The molecule has 3 aromatic rings. The predicted molar refractivity (Wildman–Crippen MR) is 117 cm³/mol. The molecule has 140 valence electrons. The van der Waals surface area contributed by atoms with Crippen molar-refractivity contribution in [1.82, 2.24) is 14.8 Å². The highest BCUT2D eigenvalue weighted by molar-refractivity contribution is 9.11. The zero-order valence-corrected chi connectivity index (χ0v) is 19.1. The van der Waals surface area contributed by atoms with Crippen molar-refractivity contribution >= 4 is 55.2 Å². The number of halogens is 2. The van der Waals surface area contributed by atoms with Crippen LogP contribution in [0.2, 0.25) is 0 Å². The SMILES string of the molecule is Cc1ccc(-c2nnc(SCC(=O)Nc3c(Br)cc(C)cc3Br)n2C)cc1. The molecule has 1 heterocycles. The number of benzene rings is 2. The molecule has 0 aliphatic heterocycles. The van der Waals surface area contributed by atoms with Gasteiger partial charge < -0.3 is 9.88 Å². The second-order valence-corrected chi connectivity index (χ2v) is 8.82. The summed E-state index contributed by atoms with van der Waals surface area (Å²) in [5.74, 6) is 0.916. The Morgan fingerprint density at radius 3 is 2.33 bits per heavy atom. The summed E-state index contributed by atoms with van der Waals surface area (Å²) in [6, 6.07) is 12.1. The third kappa shape index (κ3) is 4.80. The Balaban J connectivity index is 1.67. The van der Waals surface area contributed by atoms with Crippen LogP contribution in [0.25, 0.3) is 11.4 Å². The topological polar surface area (TPSA) is 59.8 Å². The van der Waals surface area contributed by atoms with Crippen molar-refractivity contribution in [1.29, 1.82) is 0 Å². The lowest BCUT2D eigenvalue weighted by Crippen LogP contribution is -2.15. The molecular formula is C19H18Br2N4OS. The summed E-state index contributed by atoms with van der Waals surface area (Å²) in [4.78, 5) is 12.4. The minimum Gasteiger partial charge on any atom is -0.323 e. The first-order valence-electron chi connectivity index (χ1n) is 8.20. The number of aryl methyl sites for hydroxylation is 2. The number of aromatic nitrogens is 3. The summed E-state index contributed by atoms with van der Waals surface area (Å²) in [6.07, 6.45) is 0.